The van der Waals surface area contributed by atoms with E-state index < -0.39 is 15.3 Å². The van der Waals surface area contributed by atoms with Crippen LogP contribution >= 0.6 is 23.4 Å². The van der Waals surface area contributed by atoms with Gasteiger partial charge in [0.15, 0.2) is 0 Å². The lowest BCUT2D eigenvalue weighted by molar-refractivity contribution is -0.115. The Labute approximate surface area is 185 Å². The van der Waals surface area contributed by atoms with Crippen LogP contribution in [0, 0.1) is 6.92 Å². The van der Waals surface area contributed by atoms with Crippen LogP contribution in [0.1, 0.15) is 12.5 Å². The number of rotatable bonds is 6. The van der Waals surface area contributed by atoms with Crippen molar-refractivity contribution in [3.8, 4) is 0 Å². The molecule has 3 aromatic rings. The number of carbonyl (C=O) groups is 1. The first kappa shape index (κ1) is 22.6. The number of para-hydroxylation sites is 1. The summed E-state index contributed by atoms with van der Waals surface area (Å²) >= 11 is 7.43. The zero-order chi connectivity index (χ0) is 22.1. The summed E-state index contributed by atoms with van der Waals surface area (Å²) in [6.07, 6.45) is 0. The van der Waals surface area contributed by atoms with E-state index in [1.165, 1.54) is 30.2 Å². The third-order valence-electron chi connectivity index (χ3n) is 4.54. The summed E-state index contributed by atoms with van der Waals surface area (Å²) in [5, 5.41) is 4.34. The molecule has 0 spiro atoms. The van der Waals surface area contributed by atoms with E-state index in [0.717, 1.165) is 10.9 Å². The van der Waals surface area contributed by atoms with E-state index in [2.05, 4.69) is 10.3 Å². The van der Waals surface area contributed by atoms with Gasteiger partial charge in [-0.15, -0.1) is 0 Å². The van der Waals surface area contributed by atoms with Gasteiger partial charge < -0.3 is 5.32 Å². The number of amides is 1. The fourth-order valence-electron chi connectivity index (χ4n) is 2.81. The van der Waals surface area contributed by atoms with Gasteiger partial charge in [-0.1, -0.05) is 35.5 Å². The molecule has 1 aromatic heterocycles. The normalized spacial score (nSPS) is 12.9. The molecular weight excluding hydrogens is 442 g/mol. The number of aromatic nitrogens is 1. The fraction of sp³-hybridized carbons (Fsp3) is 0.238. The monoisotopic (exact) mass is 463 g/mol. The number of hydrogen-bond acceptors (Lipinski definition) is 5. The molecular formula is C21H22ClN3O3S2. The summed E-state index contributed by atoms with van der Waals surface area (Å²) < 4.78 is 26.0. The quantitative estimate of drug-likeness (QED) is 0.542. The standard InChI is InChI=1S/C21H22ClN3O3S2/c1-13-11-20(29-14(2)21(26)24-19-8-6-5-7-17(19)22)23-18-10-9-15(12-16(13)18)30(27,28)25(3)4/h5-12,14H,1-4H3,(H,24,26)/t14-/m1/s1. The van der Waals surface area contributed by atoms with Crippen molar-refractivity contribution in [1.29, 1.82) is 0 Å². The molecule has 0 radical (unpaired) electrons. The van der Waals surface area contributed by atoms with Crippen molar-refractivity contribution >= 4 is 55.9 Å². The van der Waals surface area contributed by atoms with E-state index in [1.54, 1.807) is 49.4 Å². The first-order valence-corrected chi connectivity index (χ1v) is 11.9. The average Bonchev–Trinajstić information content (AvgIpc) is 2.69. The van der Waals surface area contributed by atoms with Crippen molar-refractivity contribution in [1.82, 2.24) is 9.29 Å². The Bertz CT molecular complexity index is 1210. The predicted octanol–water partition coefficient (Wildman–Crippen LogP) is 4.57. The number of hydrogen-bond donors (Lipinski definition) is 1. The van der Waals surface area contributed by atoms with E-state index in [1.807, 2.05) is 13.0 Å². The lowest BCUT2D eigenvalue weighted by Crippen LogP contribution is -2.22. The predicted molar refractivity (Wildman–Crippen MR) is 123 cm³/mol. The zero-order valence-corrected chi connectivity index (χ0v) is 19.4. The number of fused-ring (bicyclic) bond motifs is 1. The van der Waals surface area contributed by atoms with Crippen molar-refractivity contribution in [2.75, 3.05) is 19.4 Å². The van der Waals surface area contributed by atoms with Crippen molar-refractivity contribution in [2.24, 2.45) is 0 Å². The van der Waals surface area contributed by atoms with E-state index in [0.29, 0.717) is 21.3 Å². The summed E-state index contributed by atoms with van der Waals surface area (Å²) in [5.74, 6) is -0.180. The lowest BCUT2D eigenvalue weighted by atomic mass is 10.1. The Balaban J connectivity index is 1.83. The van der Waals surface area contributed by atoms with E-state index >= 15 is 0 Å². The van der Waals surface area contributed by atoms with Gasteiger partial charge in [0, 0.05) is 19.5 Å². The summed E-state index contributed by atoms with van der Waals surface area (Å²) in [5.41, 5.74) is 2.12. The van der Waals surface area contributed by atoms with Crippen LogP contribution in [-0.2, 0) is 14.8 Å². The fourth-order valence-corrected chi connectivity index (χ4v) is 4.84. The highest BCUT2D eigenvalue weighted by Gasteiger charge is 2.20. The van der Waals surface area contributed by atoms with Crippen LogP contribution in [0.5, 0.6) is 0 Å². The van der Waals surface area contributed by atoms with Gasteiger partial charge in [0.05, 0.1) is 31.4 Å². The summed E-state index contributed by atoms with van der Waals surface area (Å²) in [4.78, 5) is 17.4. The molecule has 9 heteroatoms. The van der Waals surface area contributed by atoms with Gasteiger partial charge in [-0.25, -0.2) is 17.7 Å². The number of carbonyl (C=O) groups excluding carboxylic acids is 1. The Kier molecular flexibility index (Phi) is 6.71. The Morgan fingerprint density at radius 3 is 2.53 bits per heavy atom. The molecule has 0 unspecified atom stereocenters. The molecule has 30 heavy (non-hydrogen) atoms. The van der Waals surface area contributed by atoms with Crippen LogP contribution in [0.15, 0.2) is 58.5 Å². The van der Waals surface area contributed by atoms with Crippen LogP contribution in [0.2, 0.25) is 5.02 Å². The number of aryl methyl sites for hydroxylation is 1. The molecule has 1 atom stereocenters. The molecule has 0 saturated carbocycles. The molecule has 158 valence electrons. The van der Waals surface area contributed by atoms with Gasteiger partial charge >= 0.3 is 0 Å². The maximum Gasteiger partial charge on any atom is 0.242 e. The summed E-state index contributed by atoms with van der Waals surface area (Å²) in [7, 11) is -0.523. The topological polar surface area (TPSA) is 79.4 Å². The first-order chi connectivity index (χ1) is 14.1. The van der Waals surface area contributed by atoms with Gasteiger partial charge in [-0.3, -0.25) is 4.79 Å². The number of nitrogens with zero attached hydrogens (tertiary/aromatic N) is 2. The molecule has 0 aliphatic carbocycles. The second kappa shape index (κ2) is 8.93. The van der Waals surface area contributed by atoms with E-state index in [4.69, 9.17) is 11.6 Å². The molecule has 1 heterocycles. The number of pyridine rings is 1. The highest BCUT2D eigenvalue weighted by Crippen LogP contribution is 2.29. The van der Waals surface area contributed by atoms with Gasteiger partial charge in [-0.05, 0) is 55.8 Å². The Morgan fingerprint density at radius 1 is 1.17 bits per heavy atom. The minimum Gasteiger partial charge on any atom is -0.324 e. The van der Waals surface area contributed by atoms with Crippen molar-refractivity contribution < 1.29 is 13.2 Å². The smallest absolute Gasteiger partial charge is 0.242 e. The largest absolute Gasteiger partial charge is 0.324 e. The summed E-state index contributed by atoms with van der Waals surface area (Å²) in [6, 6.07) is 13.8. The number of halogens is 1. The number of nitrogens with one attached hydrogen (secondary N) is 1. The second-order valence-corrected chi connectivity index (χ2v) is 10.9. The molecule has 0 aliphatic heterocycles. The number of thioether (sulfide) groups is 1. The molecule has 3 rings (SSSR count). The maximum absolute atomic E-state index is 12.5. The van der Waals surface area contributed by atoms with E-state index in [9.17, 15) is 13.2 Å². The first-order valence-electron chi connectivity index (χ1n) is 9.15. The van der Waals surface area contributed by atoms with Crippen LogP contribution < -0.4 is 5.32 Å². The molecule has 0 fully saturated rings. The van der Waals surface area contributed by atoms with Gasteiger partial charge in [0.1, 0.15) is 0 Å². The van der Waals surface area contributed by atoms with Crippen LogP contribution in [-0.4, -0.2) is 43.0 Å². The zero-order valence-electron chi connectivity index (χ0n) is 17.0. The highest BCUT2D eigenvalue weighted by atomic mass is 35.5. The molecule has 1 N–H and O–H groups in total. The third-order valence-corrected chi connectivity index (χ3v) is 7.70. The number of benzene rings is 2. The summed E-state index contributed by atoms with van der Waals surface area (Å²) in [6.45, 7) is 3.69. The van der Waals surface area contributed by atoms with Crippen LogP contribution in [0.4, 0.5) is 5.69 Å². The minimum absolute atomic E-state index is 0.180. The third kappa shape index (κ3) is 4.78. The minimum atomic E-state index is -3.52. The number of sulfonamides is 1. The molecule has 0 saturated heterocycles. The Morgan fingerprint density at radius 2 is 1.87 bits per heavy atom. The van der Waals surface area contributed by atoms with Crippen molar-refractivity contribution in [3.05, 3.63) is 59.1 Å². The van der Waals surface area contributed by atoms with Crippen molar-refractivity contribution in [2.45, 2.75) is 29.0 Å². The SMILES string of the molecule is Cc1cc(S[C@H](C)C(=O)Nc2ccccc2Cl)nc2ccc(S(=O)(=O)N(C)C)cc12. The highest BCUT2D eigenvalue weighted by molar-refractivity contribution is 8.00. The molecule has 0 aliphatic rings. The maximum atomic E-state index is 12.5. The second-order valence-electron chi connectivity index (χ2n) is 6.97. The van der Waals surface area contributed by atoms with Gasteiger partial charge in [0.2, 0.25) is 15.9 Å². The lowest BCUT2D eigenvalue weighted by Gasteiger charge is -2.15. The Hall–Kier alpha value is -2.13. The van der Waals surface area contributed by atoms with Crippen LogP contribution in [0.25, 0.3) is 10.9 Å². The molecule has 1 amide bonds. The van der Waals surface area contributed by atoms with Gasteiger partial charge in [0.25, 0.3) is 0 Å². The average molecular weight is 464 g/mol. The van der Waals surface area contributed by atoms with Gasteiger partial charge in [-0.2, -0.15) is 0 Å². The van der Waals surface area contributed by atoms with Crippen molar-refractivity contribution in [3.63, 3.8) is 0 Å². The molecule has 6 nitrogen and oxygen atoms in total. The molecule has 2 aromatic carbocycles. The molecule has 0 bridgehead atoms. The van der Waals surface area contributed by atoms with E-state index in [-0.39, 0.29) is 10.8 Å². The number of anilines is 1. The van der Waals surface area contributed by atoms with Crippen LogP contribution in [0.3, 0.4) is 0 Å².